The minimum Gasteiger partial charge on any atom is -0.392 e. The molecule has 3 rings (SSSR count). The number of hydrogen-bond acceptors (Lipinski definition) is 2. The highest BCUT2D eigenvalue weighted by Crippen LogP contribution is 2.74. The van der Waals surface area contributed by atoms with E-state index in [1.807, 2.05) is 0 Å². The summed E-state index contributed by atoms with van der Waals surface area (Å²) in [7, 11) is 0. The summed E-state index contributed by atoms with van der Waals surface area (Å²) in [6.45, 7) is 8.94. The first-order valence-corrected chi connectivity index (χ1v) is 7.08. The molecule has 17 heavy (non-hydrogen) atoms. The highest BCUT2D eigenvalue weighted by Gasteiger charge is 2.75. The molecule has 0 aliphatic heterocycles. The summed E-state index contributed by atoms with van der Waals surface area (Å²) in [6, 6.07) is 0. The summed E-state index contributed by atoms with van der Waals surface area (Å²) in [6.07, 6.45) is 4.66. The molecule has 2 nitrogen and oxygen atoms in total. The largest absolute Gasteiger partial charge is 0.392 e. The maximum atomic E-state index is 11.4. The van der Waals surface area contributed by atoms with Crippen LogP contribution in [0.25, 0.3) is 0 Å². The molecule has 3 saturated carbocycles. The first-order chi connectivity index (χ1) is 7.67. The fourth-order valence-electron chi connectivity index (χ4n) is 5.89. The molecule has 0 radical (unpaired) electrons. The van der Waals surface area contributed by atoms with Crippen molar-refractivity contribution in [1.29, 1.82) is 0 Å². The van der Waals surface area contributed by atoms with Crippen LogP contribution in [0.5, 0.6) is 0 Å². The Kier molecular flexibility index (Phi) is 2.05. The third-order valence-corrected chi connectivity index (χ3v) is 6.91. The summed E-state index contributed by atoms with van der Waals surface area (Å²) in [5.41, 5.74) is -0.774. The van der Waals surface area contributed by atoms with Crippen LogP contribution in [0.1, 0.15) is 59.8 Å². The van der Waals surface area contributed by atoms with Gasteiger partial charge in [0.2, 0.25) is 0 Å². The van der Waals surface area contributed by atoms with Crippen LogP contribution >= 0.6 is 0 Å². The van der Waals surface area contributed by atoms with E-state index in [9.17, 15) is 10.2 Å². The lowest BCUT2D eigenvalue weighted by Crippen LogP contribution is -2.66. The van der Waals surface area contributed by atoms with Crippen LogP contribution in [0.4, 0.5) is 0 Å². The van der Waals surface area contributed by atoms with Crippen molar-refractivity contribution in [3.63, 3.8) is 0 Å². The molecule has 0 spiro atoms. The van der Waals surface area contributed by atoms with Gasteiger partial charge in [0.1, 0.15) is 0 Å². The number of aliphatic hydroxyl groups excluding tert-OH is 1. The Hall–Kier alpha value is -0.0800. The lowest BCUT2D eigenvalue weighted by molar-refractivity contribution is -0.247. The predicted molar refractivity (Wildman–Crippen MR) is 67.5 cm³/mol. The van der Waals surface area contributed by atoms with Gasteiger partial charge in [0.05, 0.1) is 11.7 Å². The van der Waals surface area contributed by atoms with E-state index in [1.165, 1.54) is 6.42 Å². The molecule has 0 heterocycles. The fraction of sp³-hybridized carbons (Fsp3) is 1.00. The first kappa shape index (κ1) is 12.0. The third-order valence-electron chi connectivity index (χ3n) is 6.91. The molecule has 3 aliphatic rings. The Labute approximate surface area is 104 Å². The van der Waals surface area contributed by atoms with E-state index in [0.29, 0.717) is 5.92 Å². The zero-order valence-corrected chi connectivity index (χ0v) is 11.6. The van der Waals surface area contributed by atoms with Gasteiger partial charge in [-0.05, 0) is 48.9 Å². The highest BCUT2D eigenvalue weighted by molar-refractivity contribution is 5.25. The lowest BCUT2D eigenvalue weighted by Gasteiger charge is -2.62. The fourth-order valence-corrected chi connectivity index (χ4v) is 5.89. The second kappa shape index (κ2) is 2.91. The minimum absolute atomic E-state index is 0.0191. The Morgan fingerprint density at radius 2 is 1.59 bits per heavy atom. The molecule has 0 saturated heterocycles. The van der Waals surface area contributed by atoms with Gasteiger partial charge in [-0.15, -0.1) is 0 Å². The van der Waals surface area contributed by atoms with E-state index >= 15 is 0 Å². The van der Waals surface area contributed by atoms with Crippen LogP contribution in [-0.2, 0) is 0 Å². The van der Waals surface area contributed by atoms with E-state index < -0.39 is 5.60 Å². The molecule has 0 amide bonds. The molecule has 4 bridgehead atoms. The van der Waals surface area contributed by atoms with Crippen molar-refractivity contribution in [2.45, 2.75) is 71.5 Å². The van der Waals surface area contributed by atoms with Crippen LogP contribution in [0.15, 0.2) is 0 Å². The van der Waals surface area contributed by atoms with E-state index in [1.54, 1.807) is 0 Å². The Morgan fingerprint density at radius 3 is 2.18 bits per heavy atom. The van der Waals surface area contributed by atoms with Gasteiger partial charge in [-0.25, -0.2) is 0 Å². The van der Waals surface area contributed by atoms with Gasteiger partial charge >= 0.3 is 0 Å². The standard InChI is InChI=1S/C15H26O2/c1-12(2)9-15(17)13(3)7-5-10(12)14(15,4)11(16)6-8-13/h10-11,16-17H,5-9H2,1-4H3/t10-,11-,13-,14+,15+/m0/s1. The van der Waals surface area contributed by atoms with Crippen molar-refractivity contribution in [2.75, 3.05) is 0 Å². The summed E-state index contributed by atoms with van der Waals surface area (Å²) in [4.78, 5) is 0. The summed E-state index contributed by atoms with van der Waals surface area (Å²) in [5, 5.41) is 21.9. The third kappa shape index (κ3) is 1.06. The van der Waals surface area contributed by atoms with Gasteiger partial charge < -0.3 is 10.2 Å². The highest BCUT2D eigenvalue weighted by atomic mass is 16.3. The quantitative estimate of drug-likeness (QED) is 0.681. The van der Waals surface area contributed by atoms with Crippen LogP contribution < -0.4 is 0 Å². The molecule has 5 atom stereocenters. The molecule has 0 aromatic carbocycles. The van der Waals surface area contributed by atoms with Gasteiger partial charge in [-0.1, -0.05) is 27.7 Å². The average Bonchev–Trinajstić information content (AvgIpc) is 2.30. The Balaban J connectivity index is 2.20. The zero-order chi connectivity index (χ0) is 12.7. The molecule has 2 heteroatoms. The predicted octanol–water partition coefficient (Wildman–Crippen LogP) is 2.72. The maximum absolute atomic E-state index is 11.4. The van der Waals surface area contributed by atoms with Gasteiger partial charge in [0.15, 0.2) is 0 Å². The smallest absolute Gasteiger partial charge is 0.0787 e. The second-order valence-corrected chi connectivity index (χ2v) is 8.01. The van der Waals surface area contributed by atoms with Crippen molar-refractivity contribution in [3.8, 4) is 0 Å². The number of aliphatic hydroxyl groups is 2. The second-order valence-electron chi connectivity index (χ2n) is 8.01. The topological polar surface area (TPSA) is 40.5 Å². The van der Waals surface area contributed by atoms with Crippen molar-refractivity contribution in [1.82, 2.24) is 0 Å². The number of hydrogen-bond donors (Lipinski definition) is 2. The first-order valence-electron chi connectivity index (χ1n) is 7.08. The molecule has 2 N–H and O–H groups in total. The van der Waals surface area contributed by atoms with E-state index in [0.717, 1.165) is 25.7 Å². The average molecular weight is 238 g/mol. The lowest BCUT2D eigenvalue weighted by atomic mass is 9.45. The molecule has 3 fully saturated rings. The number of rotatable bonds is 0. The van der Waals surface area contributed by atoms with E-state index in [2.05, 4.69) is 27.7 Å². The van der Waals surface area contributed by atoms with Crippen LogP contribution in [0.3, 0.4) is 0 Å². The summed E-state index contributed by atoms with van der Waals surface area (Å²) in [5.74, 6) is 0.461. The monoisotopic (exact) mass is 238 g/mol. The summed E-state index contributed by atoms with van der Waals surface area (Å²) >= 11 is 0. The van der Waals surface area contributed by atoms with Crippen molar-refractivity contribution in [3.05, 3.63) is 0 Å². The van der Waals surface area contributed by atoms with Crippen molar-refractivity contribution in [2.24, 2.45) is 22.2 Å². The van der Waals surface area contributed by atoms with E-state index in [-0.39, 0.29) is 22.3 Å². The molecular weight excluding hydrogens is 212 g/mol. The normalized spacial score (nSPS) is 60.4. The van der Waals surface area contributed by atoms with Crippen molar-refractivity contribution < 1.29 is 10.2 Å². The SMILES string of the molecule is CC1(C)C[C@@]2(O)[C@]3(C)CC[C@H](O)[C@@]2(C)[C@H]1CC3. The Bertz CT molecular complexity index is 362. The van der Waals surface area contributed by atoms with Gasteiger partial charge in [0.25, 0.3) is 0 Å². The van der Waals surface area contributed by atoms with Gasteiger partial charge in [0, 0.05) is 5.41 Å². The van der Waals surface area contributed by atoms with Crippen LogP contribution in [0, 0.1) is 22.2 Å². The summed E-state index contributed by atoms with van der Waals surface area (Å²) < 4.78 is 0. The zero-order valence-electron chi connectivity index (χ0n) is 11.6. The van der Waals surface area contributed by atoms with Gasteiger partial charge in [-0.3, -0.25) is 0 Å². The maximum Gasteiger partial charge on any atom is 0.0787 e. The molecule has 98 valence electrons. The molecule has 0 aromatic heterocycles. The molecule has 0 unspecified atom stereocenters. The molecule has 3 aliphatic carbocycles. The van der Waals surface area contributed by atoms with Gasteiger partial charge in [-0.2, -0.15) is 0 Å². The van der Waals surface area contributed by atoms with Crippen molar-refractivity contribution >= 4 is 0 Å². The molecular formula is C15H26O2. The van der Waals surface area contributed by atoms with E-state index in [4.69, 9.17) is 0 Å². The van der Waals surface area contributed by atoms with Crippen LogP contribution in [0.2, 0.25) is 0 Å². The Morgan fingerprint density at radius 1 is 1.00 bits per heavy atom. The van der Waals surface area contributed by atoms with Crippen LogP contribution in [-0.4, -0.2) is 21.9 Å². The minimum atomic E-state index is -0.663. The molecule has 0 aromatic rings.